The first kappa shape index (κ1) is 15.3. The largest absolute Gasteiger partial charge is 0.378 e. The molecule has 2 aliphatic rings. The number of ether oxygens (including phenoxy) is 1. The summed E-state index contributed by atoms with van der Waals surface area (Å²) >= 11 is 0. The molecule has 1 N–H and O–H groups in total. The van der Waals surface area contributed by atoms with Crippen LogP contribution in [0.5, 0.6) is 0 Å². The zero-order valence-corrected chi connectivity index (χ0v) is 13.2. The van der Waals surface area contributed by atoms with Crippen molar-refractivity contribution >= 4 is 0 Å². The molecule has 112 valence electrons. The Balaban J connectivity index is 1.86. The highest BCUT2D eigenvalue weighted by atomic mass is 16.5. The van der Waals surface area contributed by atoms with Gasteiger partial charge in [-0.05, 0) is 62.8 Å². The molecular weight excluding hydrogens is 234 g/mol. The maximum atomic E-state index is 5.79. The molecule has 1 heterocycles. The van der Waals surface area contributed by atoms with Gasteiger partial charge in [-0.2, -0.15) is 0 Å². The molecule has 1 saturated heterocycles. The molecule has 1 saturated carbocycles. The Hall–Kier alpha value is -0.0800. The van der Waals surface area contributed by atoms with Crippen LogP contribution in [-0.2, 0) is 4.74 Å². The Morgan fingerprint density at radius 1 is 1.26 bits per heavy atom. The summed E-state index contributed by atoms with van der Waals surface area (Å²) in [6.45, 7) is 9.37. The summed E-state index contributed by atoms with van der Waals surface area (Å²) in [4.78, 5) is 0. The van der Waals surface area contributed by atoms with Gasteiger partial charge in [0, 0.05) is 12.6 Å². The third-order valence-electron chi connectivity index (χ3n) is 5.31. The highest BCUT2D eigenvalue weighted by Gasteiger charge is 2.39. The molecule has 0 bridgehead atoms. The average molecular weight is 267 g/mol. The minimum atomic E-state index is 0.530. The Labute approximate surface area is 119 Å². The molecule has 2 nitrogen and oxygen atoms in total. The van der Waals surface area contributed by atoms with Crippen molar-refractivity contribution in [3.8, 4) is 0 Å². The van der Waals surface area contributed by atoms with Crippen LogP contribution in [0.4, 0.5) is 0 Å². The summed E-state index contributed by atoms with van der Waals surface area (Å²) in [6.07, 6.45) is 11.1. The third-order valence-corrected chi connectivity index (χ3v) is 5.31. The molecule has 3 atom stereocenters. The molecule has 2 rings (SSSR count). The van der Waals surface area contributed by atoms with Gasteiger partial charge in [0.25, 0.3) is 0 Å². The van der Waals surface area contributed by atoms with E-state index in [-0.39, 0.29) is 0 Å². The van der Waals surface area contributed by atoms with Gasteiger partial charge >= 0.3 is 0 Å². The molecule has 1 aliphatic heterocycles. The van der Waals surface area contributed by atoms with Crippen LogP contribution in [0, 0.1) is 11.3 Å². The molecule has 3 unspecified atom stereocenters. The molecule has 0 radical (unpaired) electrons. The molecule has 1 aliphatic carbocycles. The van der Waals surface area contributed by atoms with Gasteiger partial charge < -0.3 is 10.1 Å². The van der Waals surface area contributed by atoms with E-state index in [0.29, 0.717) is 17.6 Å². The second-order valence-corrected chi connectivity index (χ2v) is 7.26. The molecule has 0 spiro atoms. The summed E-state index contributed by atoms with van der Waals surface area (Å²) < 4.78 is 5.79. The van der Waals surface area contributed by atoms with Gasteiger partial charge in [0.15, 0.2) is 0 Å². The van der Waals surface area contributed by atoms with Crippen molar-refractivity contribution in [2.75, 3.05) is 13.2 Å². The van der Waals surface area contributed by atoms with E-state index in [9.17, 15) is 0 Å². The van der Waals surface area contributed by atoms with E-state index in [4.69, 9.17) is 4.74 Å². The number of hydrogen-bond donors (Lipinski definition) is 1. The van der Waals surface area contributed by atoms with Crippen molar-refractivity contribution in [2.45, 2.75) is 84.3 Å². The van der Waals surface area contributed by atoms with Gasteiger partial charge in [-0.1, -0.05) is 27.2 Å². The van der Waals surface area contributed by atoms with Crippen LogP contribution in [0.3, 0.4) is 0 Å². The van der Waals surface area contributed by atoms with Crippen molar-refractivity contribution in [1.82, 2.24) is 5.32 Å². The number of hydrogen-bond acceptors (Lipinski definition) is 2. The van der Waals surface area contributed by atoms with Gasteiger partial charge in [-0.15, -0.1) is 0 Å². The van der Waals surface area contributed by atoms with Crippen LogP contribution in [0.2, 0.25) is 0 Å². The minimum absolute atomic E-state index is 0.530. The SMILES string of the molecule is CCCNC(CCC1CCCO1)C1CCCC1(C)C. The first-order valence-electron chi connectivity index (χ1n) is 8.48. The lowest BCUT2D eigenvalue weighted by molar-refractivity contribution is 0.0919. The minimum Gasteiger partial charge on any atom is -0.378 e. The van der Waals surface area contributed by atoms with Crippen LogP contribution in [-0.4, -0.2) is 25.3 Å². The lowest BCUT2D eigenvalue weighted by atomic mass is 9.76. The zero-order valence-electron chi connectivity index (χ0n) is 13.2. The van der Waals surface area contributed by atoms with E-state index < -0.39 is 0 Å². The predicted molar refractivity (Wildman–Crippen MR) is 81.4 cm³/mol. The normalized spacial score (nSPS) is 31.7. The fraction of sp³-hybridized carbons (Fsp3) is 1.00. The molecular formula is C17H33NO. The molecule has 2 heteroatoms. The van der Waals surface area contributed by atoms with Crippen LogP contribution in [0.1, 0.15) is 72.1 Å². The van der Waals surface area contributed by atoms with E-state index in [1.54, 1.807) is 0 Å². The Morgan fingerprint density at radius 3 is 2.68 bits per heavy atom. The summed E-state index contributed by atoms with van der Waals surface area (Å²) in [7, 11) is 0. The highest BCUT2D eigenvalue weighted by Crippen LogP contribution is 2.45. The van der Waals surface area contributed by atoms with Gasteiger partial charge in [-0.3, -0.25) is 0 Å². The fourth-order valence-electron chi connectivity index (χ4n) is 4.11. The fourth-order valence-corrected chi connectivity index (χ4v) is 4.11. The second-order valence-electron chi connectivity index (χ2n) is 7.26. The van der Waals surface area contributed by atoms with Gasteiger partial charge in [0.05, 0.1) is 6.10 Å². The molecule has 0 aromatic carbocycles. The molecule has 2 fully saturated rings. The zero-order chi connectivity index (χ0) is 13.7. The average Bonchev–Trinajstić information content (AvgIpc) is 2.99. The topological polar surface area (TPSA) is 21.3 Å². The summed E-state index contributed by atoms with van der Waals surface area (Å²) in [5.74, 6) is 0.862. The first-order valence-corrected chi connectivity index (χ1v) is 8.48. The lowest BCUT2D eigenvalue weighted by Crippen LogP contribution is -2.41. The van der Waals surface area contributed by atoms with E-state index in [1.807, 2.05) is 0 Å². The smallest absolute Gasteiger partial charge is 0.0576 e. The van der Waals surface area contributed by atoms with E-state index in [2.05, 4.69) is 26.1 Å². The van der Waals surface area contributed by atoms with Crippen LogP contribution >= 0.6 is 0 Å². The Bertz CT molecular complexity index is 258. The lowest BCUT2D eigenvalue weighted by Gasteiger charge is -2.35. The van der Waals surface area contributed by atoms with Crippen molar-refractivity contribution in [3.63, 3.8) is 0 Å². The van der Waals surface area contributed by atoms with Crippen molar-refractivity contribution in [3.05, 3.63) is 0 Å². The summed E-state index contributed by atoms with van der Waals surface area (Å²) in [5, 5.41) is 3.84. The van der Waals surface area contributed by atoms with Crippen molar-refractivity contribution in [2.24, 2.45) is 11.3 Å². The van der Waals surface area contributed by atoms with Crippen molar-refractivity contribution in [1.29, 1.82) is 0 Å². The monoisotopic (exact) mass is 267 g/mol. The highest BCUT2D eigenvalue weighted by molar-refractivity contribution is 4.92. The molecule has 19 heavy (non-hydrogen) atoms. The quantitative estimate of drug-likeness (QED) is 0.748. The maximum absolute atomic E-state index is 5.79. The van der Waals surface area contributed by atoms with E-state index >= 15 is 0 Å². The number of nitrogens with one attached hydrogen (secondary N) is 1. The Morgan fingerprint density at radius 2 is 2.11 bits per heavy atom. The molecule has 0 amide bonds. The number of rotatable bonds is 7. The standard InChI is InChI=1S/C17H33NO/c1-4-12-18-16(10-9-14-7-6-13-19-14)15-8-5-11-17(15,2)3/h14-16,18H,4-13H2,1-3H3. The molecule has 0 aromatic rings. The molecule has 0 aromatic heterocycles. The van der Waals surface area contributed by atoms with Gasteiger partial charge in [0.2, 0.25) is 0 Å². The van der Waals surface area contributed by atoms with E-state index in [0.717, 1.165) is 12.5 Å². The predicted octanol–water partition coefficient (Wildman–Crippen LogP) is 4.14. The second kappa shape index (κ2) is 7.08. The van der Waals surface area contributed by atoms with Crippen LogP contribution in [0.25, 0.3) is 0 Å². The van der Waals surface area contributed by atoms with Gasteiger partial charge in [-0.25, -0.2) is 0 Å². The first-order chi connectivity index (χ1) is 9.13. The summed E-state index contributed by atoms with van der Waals surface area (Å²) in [6, 6.07) is 0.710. The van der Waals surface area contributed by atoms with Gasteiger partial charge in [0.1, 0.15) is 0 Å². The van der Waals surface area contributed by atoms with Crippen molar-refractivity contribution < 1.29 is 4.74 Å². The van der Waals surface area contributed by atoms with Crippen LogP contribution < -0.4 is 5.32 Å². The maximum Gasteiger partial charge on any atom is 0.0576 e. The Kier molecular flexibility index (Phi) is 5.70. The van der Waals surface area contributed by atoms with E-state index in [1.165, 1.54) is 57.9 Å². The third kappa shape index (κ3) is 4.19. The van der Waals surface area contributed by atoms with Crippen LogP contribution in [0.15, 0.2) is 0 Å². The summed E-state index contributed by atoms with van der Waals surface area (Å²) in [5.41, 5.74) is 0.530.